The largest absolute Gasteiger partial charge is 0.398 e. The number of methoxy groups -OCH3 is 1. The summed E-state index contributed by atoms with van der Waals surface area (Å²) in [7, 11) is 1.56. The van der Waals surface area contributed by atoms with Gasteiger partial charge in [-0.2, -0.15) is 0 Å². The first-order chi connectivity index (χ1) is 12.5. The van der Waals surface area contributed by atoms with Crippen LogP contribution in [0, 0.1) is 0 Å². The van der Waals surface area contributed by atoms with Crippen LogP contribution in [0.1, 0.15) is 23.0 Å². The number of thiazole rings is 1. The molecule has 8 heteroatoms. The third kappa shape index (κ3) is 3.47. The number of amides is 1. The lowest BCUT2D eigenvalue weighted by Gasteiger charge is -2.17. The number of carbonyl (C=O) groups excluding carboxylic acids is 1. The summed E-state index contributed by atoms with van der Waals surface area (Å²) in [6.07, 6.45) is 0.493. The quantitative estimate of drug-likeness (QED) is 0.693. The van der Waals surface area contributed by atoms with Crippen molar-refractivity contribution in [2.75, 3.05) is 24.8 Å². The van der Waals surface area contributed by atoms with Crippen LogP contribution in [0.4, 0.5) is 10.8 Å². The Balaban J connectivity index is 1.98. The highest BCUT2D eigenvalue weighted by atomic mass is 32.1. The first kappa shape index (κ1) is 18.1. The second-order valence-electron chi connectivity index (χ2n) is 5.70. The molecule has 136 valence electrons. The smallest absolute Gasteiger partial charge is 0.261 e. The van der Waals surface area contributed by atoms with Crippen molar-refractivity contribution in [2.45, 2.75) is 19.9 Å². The summed E-state index contributed by atoms with van der Waals surface area (Å²) in [4.78, 5) is 29.5. The lowest BCUT2D eigenvalue weighted by Crippen LogP contribution is -2.30. The minimum absolute atomic E-state index is 0.166. The molecule has 0 bridgehead atoms. The number of hydrogen-bond acceptors (Lipinski definition) is 6. The summed E-state index contributed by atoms with van der Waals surface area (Å²) in [5, 5.41) is 3.30. The number of nitrogens with zero attached hydrogens (tertiary/aromatic N) is 2. The molecule has 1 aromatic carbocycles. The van der Waals surface area contributed by atoms with Crippen LogP contribution in [0.25, 0.3) is 10.2 Å². The highest BCUT2D eigenvalue weighted by Gasteiger charge is 2.20. The van der Waals surface area contributed by atoms with Crippen LogP contribution in [-0.2, 0) is 17.7 Å². The number of nitrogen functional groups attached to an aromatic ring is 1. The molecule has 3 aromatic rings. The van der Waals surface area contributed by atoms with E-state index in [1.807, 2.05) is 31.2 Å². The van der Waals surface area contributed by atoms with Crippen LogP contribution < -0.4 is 16.6 Å². The Kier molecular flexibility index (Phi) is 5.34. The molecule has 3 rings (SSSR count). The molecule has 0 aliphatic carbocycles. The fourth-order valence-corrected chi connectivity index (χ4v) is 3.72. The molecule has 0 fully saturated rings. The van der Waals surface area contributed by atoms with Crippen molar-refractivity contribution < 1.29 is 9.53 Å². The van der Waals surface area contributed by atoms with E-state index in [1.165, 1.54) is 22.0 Å². The minimum atomic E-state index is -0.371. The Labute approximate surface area is 154 Å². The summed E-state index contributed by atoms with van der Waals surface area (Å²) in [5.74, 6) is -0.371. The van der Waals surface area contributed by atoms with Gasteiger partial charge in [-0.05, 0) is 18.6 Å². The fraction of sp³-hybridized carbons (Fsp3) is 0.278. The van der Waals surface area contributed by atoms with Gasteiger partial charge >= 0.3 is 0 Å². The van der Waals surface area contributed by atoms with Crippen molar-refractivity contribution in [3.63, 3.8) is 0 Å². The second-order valence-corrected chi connectivity index (χ2v) is 6.73. The number of fused-ring (bicyclic) bond motifs is 1. The van der Waals surface area contributed by atoms with Crippen molar-refractivity contribution in [3.05, 3.63) is 51.9 Å². The lowest BCUT2D eigenvalue weighted by molar-refractivity contribution is 0.102. The number of benzene rings is 1. The Hall–Kier alpha value is -2.71. The van der Waals surface area contributed by atoms with Crippen molar-refractivity contribution >= 4 is 38.3 Å². The zero-order chi connectivity index (χ0) is 18.7. The molecule has 0 aliphatic rings. The third-order valence-corrected chi connectivity index (χ3v) is 5.00. The van der Waals surface area contributed by atoms with Crippen LogP contribution in [0.3, 0.4) is 0 Å². The average molecular weight is 372 g/mol. The molecule has 1 amide bonds. The molecule has 0 aliphatic heterocycles. The topological polar surface area (TPSA) is 99.2 Å². The fourth-order valence-electron chi connectivity index (χ4n) is 2.86. The van der Waals surface area contributed by atoms with Gasteiger partial charge in [0.2, 0.25) is 0 Å². The molecular formula is C18H20N4O3S. The first-order valence-electron chi connectivity index (χ1n) is 8.23. The van der Waals surface area contributed by atoms with Crippen LogP contribution in [0.2, 0.25) is 0 Å². The van der Waals surface area contributed by atoms with Gasteiger partial charge in [-0.25, -0.2) is 4.98 Å². The monoisotopic (exact) mass is 372 g/mol. The standard InChI is InChI=1S/C18H20N4O3S/c1-3-13-16(11(19)10-15(23)22(13)8-9-25-2)17(24)21-18-20-12-6-4-5-7-14(12)26-18/h4-7,10H,3,8-9,19H2,1-2H3,(H,20,21,24). The van der Waals surface area contributed by atoms with E-state index < -0.39 is 0 Å². The maximum Gasteiger partial charge on any atom is 0.261 e. The molecular weight excluding hydrogens is 352 g/mol. The maximum absolute atomic E-state index is 12.9. The van der Waals surface area contributed by atoms with Gasteiger partial charge in [-0.3, -0.25) is 14.9 Å². The number of nitrogens with two attached hydrogens (primary N) is 1. The normalized spacial score (nSPS) is 11.0. The van der Waals surface area contributed by atoms with Crippen molar-refractivity contribution in [1.29, 1.82) is 0 Å². The zero-order valence-electron chi connectivity index (χ0n) is 14.6. The minimum Gasteiger partial charge on any atom is -0.398 e. The predicted molar refractivity (Wildman–Crippen MR) is 104 cm³/mol. The first-order valence-corrected chi connectivity index (χ1v) is 9.04. The molecule has 26 heavy (non-hydrogen) atoms. The zero-order valence-corrected chi connectivity index (χ0v) is 15.4. The van der Waals surface area contributed by atoms with Crippen molar-refractivity contribution in [2.24, 2.45) is 0 Å². The van der Waals surface area contributed by atoms with E-state index in [-0.39, 0.29) is 17.2 Å². The summed E-state index contributed by atoms with van der Waals surface area (Å²) in [6.45, 7) is 2.61. The van der Waals surface area contributed by atoms with Crippen LogP contribution in [0.15, 0.2) is 35.1 Å². The van der Waals surface area contributed by atoms with Gasteiger partial charge < -0.3 is 15.0 Å². The number of ether oxygens (including phenoxy) is 1. The molecule has 7 nitrogen and oxygen atoms in total. The molecule has 2 aromatic heterocycles. The van der Waals surface area contributed by atoms with Crippen LogP contribution in [0.5, 0.6) is 0 Å². The Bertz CT molecular complexity index is 976. The Morgan fingerprint density at radius 2 is 2.15 bits per heavy atom. The maximum atomic E-state index is 12.9. The predicted octanol–water partition coefficient (Wildman–Crippen LogP) is 2.50. The SMILES string of the molecule is CCc1c(C(=O)Nc2nc3ccccc3s2)c(N)cc(=O)n1CCOC. The van der Waals surface area contributed by atoms with Gasteiger partial charge in [0.1, 0.15) is 0 Å². The number of pyridine rings is 1. The van der Waals surface area contributed by atoms with E-state index in [9.17, 15) is 9.59 Å². The van der Waals surface area contributed by atoms with E-state index in [1.54, 1.807) is 7.11 Å². The molecule has 0 saturated carbocycles. The van der Waals surface area contributed by atoms with Gasteiger partial charge in [0.05, 0.1) is 28.1 Å². The molecule has 2 heterocycles. The van der Waals surface area contributed by atoms with Gasteiger partial charge in [-0.1, -0.05) is 30.4 Å². The number of para-hydroxylation sites is 1. The van der Waals surface area contributed by atoms with E-state index in [2.05, 4.69) is 10.3 Å². The highest BCUT2D eigenvalue weighted by Crippen LogP contribution is 2.26. The van der Waals surface area contributed by atoms with E-state index in [0.717, 1.165) is 10.2 Å². The number of aromatic nitrogens is 2. The molecule has 0 saturated heterocycles. The third-order valence-electron chi connectivity index (χ3n) is 4.04. The molecule has 0 radical (unpaired) electrons. The van der Waals surface area contributed by atoms with Crippen molar-refractivity contribution in [1.82, 2.24) is 9.55 Å². The lowest BCUT2D eigenvalue weighted by atomic mass is 10.1. The van der Waals surface area contributed by atoms with Gasteiger partial charge in [0.15, 0.2) is 5.13 Å². The average Bonchev–Trinajstić information content (AvgIpc) is 3.02. The van der Waals surface area contributed by atoms with Gasteiger partial charge in [-0.15, -0.1) is 0 Å². The summed E-state index contributed by atoms with van der Waals surface area (Å²) in [6, 6.07) is 8.93. The molecule has 3 N–H and O–H groups in total. The second kappa shape index (κ2) is 7.67. The van der Waals surface area contributed by atoms with Crippen LogP contribution >= 0.6 is 11.3 Å². The summed E-state index contributed by atoms with van der Waals surface area (Å²) in [5.41, 5.74) is 7.64. The number of rotatable bonds is 6. The van der Waals surface area contributed by atoms with E-state index in [0.29, 0.717) is 36.0 Å². The van der Waals surface area contributed by atoms with Gasteiger partial charge in [0, 0.05) is 25.4 Å². The Morgan fingerprint density at radius 1 is 1.38 bits per heavy atom. The molecule has 0 spiro atoms. The molecule has 0 atom stereocenters. The number of hydrogen-bond donors (Lipinski definition) is 2. The van der Waals surface area contributed by atoms with Crippen LogP contribution in [-0.4, -0.2) is 29.2 Å². The Morgan fingerprint density at radius 3 is 2.85 bits per heavy atom. The summed E-state index contributed by atoms with van der Waals surface area (Å²) >= 11 is 1.39. The number of anilines is 2. The van der Waals surface area contributed by atoms with E-state index in [4.69, 9.17) is 10.5 Å². The number of nitrogens with one attached hydrogen (secondary N) is 1. The summed E-state index contributed by atoms with van der Waals surface area (Å²) < 4.78 is 7.58. The van der Waals surface area contributed by atoms with Crippen molar-refractivity contribution in [3.8, 4) is 0 Å². The van der Waals surface area contributed by atoms with E-state index >= 15 is 0 Å². The molecule has 0 unspecified atom stereocenters. The highest BCUT2D eigenvalue weighted by molar-refractivity contribution is 7.22. The number of carbonyl (C=O) groups is 1. The van der Waals surface area contributed by atoms with Gasteiger partial charge in [0.25, 0.3) is 11.5 Å².